The van der Waals surface area contributed by atoms with E-state index >= 15 is 0 Å². The van der Waals surface area contributed by atoms with Crippen molar-refractivity contribution in [2.75, 3.05) is 5.32 Å². The highest BCUT2D eigenvalue weighted by Gasteiger charge is 2.13. The number of carbonyl (C=O) groups is 1. The van der Waals surface area contributed by atoms with Gasteiger partial charge < -0.3 is 9.73 Å². The minimum absolute atomic E-state index is 0.0625. The second-order valence-corrected chi connectivity index (χ2v) is 4.06. The number of halogens is 2. The summed E-state index contributed by atoms with van der Waals surface area (Å²) >= 11 is 8.88. The van der Waals surface area contributed by atoms with Crippen molar-refractivity contribution >= 4 is 39.3 Å². The average Bonchev–Trinajstić information content (AvgIpc) is 2.64. The molecule has 1 amide bonds. The topological polar surface area (TPSA) is 55.1 Å². The molecule has 4 nitrogen and oxygen atoms in total. The van der Waals surface area contributed by atoms with Gasteiger partial charge in [0.25, 0.3) is 5.91 Å². The number of carbonyl (C=O) groups excluding carboxylic acids is 1. The monoisotopic (exact) mass is 300 g/mol. The number of furan rings is 1. The van der Waals surface area contributed by atoms with Crippen molar-refractivity contribution in [3.05, 3.63) is 45.9 Å². The molecule has 0 bridgehead atoms. The summed E-state index contributed by atoms with van der Waals surface area (Å²) in [6, 6.07) is 6.70. The van der Waals surface area contributed by atoms with Crippen LogP contribution in [0.4, 0.5) is 5.82 Å². The fourth-order valence-corrected chi connectivity index (χ4v) is 1.66. The Balaban J connectivity index is 2.17. The van der Waals surface area contributed by atoms with E-state index in [4.69, 9.17) is 16.0 Å². The lowest BCUT2D eigenvalue weighted by molar-refractivity contribution is 0.102. The maximum atomic E-state index is 11.7. The highest BCUT2D eigenvalue weighted by Crippen LogP contribution is 2.18. The Hall–Kier alpha value is -1.33. The van der Waals surface area contributed by atoms with E-state index in [9.17, 15) is 4.79 Å². The predicted octanol–water partition coefficient (Wildman–Crippen LogP) is 3.34. The summed E-state index contributed by atoms with van der Waals surface area (Å²) in [6.45, 7) is 0. The zero-order valence-corrected chi connectivity index (χ0v) is 10.2. The van der Waals surface area contributed by atoms with Crippen LogP contribution in [0.1, 0.15) is 10.4 Å². The van der Waals surface area contributed by atoms with Crippen molar-refractivity contribution in [3.8, 4) is 0 Å². The van der Waals surface area contributed by atoms with Gasteiger partial charge in [0.15, 0.2) is 0 Å². The molecule has 0 saturated heterocycles. The van der Waals surface area contributed by atoms with E-state index in [1.165, 1.54) is 12.3 Å². The van der Waals surface area contributed by atoms with Crippen molar-refractivity contribution < 1.29 is 9.21 Å². The van der Waals surface area contributed by atoms with Gasteiger partial charge in [-0.1, -0.05) is 6.07 Å². The van der Waals surface area contributed by atoms with Crippen LogP contribution in [0.5, 0.6) is 0 Å². The third kappa shape index (κ3) is 2.43. The highest BCUT2D eigenvalue weighted by molar-refractivity contribution is 9.10. The summed E-state index contributed by atoms with van der Waals surface area (Å²) in [5, 5.41) is 2.66. The average molecular weight is 302 g/mol. The van der Waals surface area contributed by atoms with Crippen LogP contribution in [-0.4, -0.2) is 10.9 Å². The van der Waals surface area contributed by atoms with Crippen LogP contribution in [0.25, 0.3) is 0 Å². The fourth-order valence-electron chi connectivity index (χ4n) is 1.12. The first-order chi connectivity index (χ1) is 7.66. The molecule has 0 fully saturated rings. The number of pyridine rings is 1. The number of amides is 1. The van der Waals surface area contributed by atoms with Gasteiger partial charge in [0.05, 0.1) is 11.8 Å². The molecule has 2 heterocycles. The van der Waals surface area contributed by atoms with E-state index in [0.717, 1.165) is 0 Å². The zero-order chi connectivity index (χ0) is 11.5. The van der Waals surface area contributed by atoms with Gasteiger partial charge in [-0.25, -0.2) is 4.98 Å². The third-order valence-corrected chi connectivity index (χ3v) is 2.55. The van der Waals surface area contributed by atoms with Gasteiger partial charge in [0, 0.05) is 0 Å². The molecule has 82 valence electrons. The molecule has 6 heteroatoms. The van der Waals surface area contributed by atoms with E-state index in [0.29, 0.717) is 10.4 Å². The van der Waals surface area contributed by atoms with Crippen molar-refractivity contribution in [1.29, 1.82) is 0 Å². The third-order valence-electron chi connectivity index (χ3n) is 1.82. The molecule has 0 aromatic carbocycles. The Morgan fingerprint density at radius 1 is 1.44 bits per heavy atom. The Bertz CT molecular complexity index is 527. The number of aromatic nitrogens is 1. The van der Waals surface area contributed by atoms with Gasteiger partial charge in [0.1, 0.15) is 10.4 Å². The van der Waals surface area contributed by atoms with E-state index < -0.39 is 0 Å². The standard InChI is InChI=1S/C10H6BrClN2O2/c11-7-2-1-3-8(13-7)14-10(15)6-4-5-16-9(6)12/h1-5H,(H,13,14,15). The molecule has 2 aromatic heterocycles. The van der Waals surface area contributed by atoms with Gasteiger partial charge in [-0.15, -0.1) is 0 Å². The van der Waals surface area contributed by atoms with Crippen molar-refractivity contribution in [1.82, 2.24) is 4.98 Å². The summed E-state index contributed by atoms with van der Waals surface area (Å²) in [5.41, 5.74) is 0.281. The summed E-state index contributed by atoms with van der Waals surface area (Å²) in [7, 11) is 0. The SMILES string of the molecule is O=C(Nc1cccc(Br)n1)c1ccoc1Cl. The van der Waals surface area contributed by atoms with E-state index in [2.05, 4.69) is 26.2 Å². The number of rotatable bonds is 2. The summed E-state index contributed by atoms with van der Waals surface area (Å²) in [6.07, 6.45) is 1.35. The molecule has 0 aliphatic rings. The van der Waals surface area contributed by atoms with Crippen LogP contribution in [0, 0.1) is 0 Å². The largest absolute Gasteiger partial charge is 0.452 e. The van der Waals surface area contributed by atoms with E-state index in [1.807, 2.05) is 0 Å². The Morgan fingerprint density at radius 3 is 2.88 bits per heavy atom. The predicted molar refractivity (Wildman–Crippen MR) is 63.6 cm³/mol. The van der Waals surface area contributed by atoms with Crippen LogP contribution in [0.2, 0.25) is 5.22 Å². The lowest BCUT2D eigenvalue weighted by atomic mass is 10.3. The lowest BCUT2D eigenvalue weighted by Crippen LogP contribution is -2.12. The van der Waals surface area contributed by atoms with E-state index in [1.54, 1.807) is 18.2 Å². The number of hydrogen-bond donors (Lipinski definition) is 1. The second-order valence-electron chi connectivity index (χ2n) is 2.91. The first kappa shape index (κ1) is 11.2. The number of anilines is 1. The zero-order valence-electron chi connectivity index (χ0n) is 7.91. The van der Waals surface area contributed by atoms with Gasteiger partial charge in [-0.2, -0.15) is 0 Å². The molecule has 0 aliphatic heterocycles. The van der Waals surface area contributed by atoms with Crippen LogP contribution >= 0.6 is 27.5 Å². The van der Waals surface area contributed by atoms with Crippen molar-refractivity contribution in [2.45, 2.75) is 0 Å². The molecular formula is C10H6BrClN2O2. The van der Waals surface area contributed by atoms with Crippen molar-refractivity contribution in [2.24, 2.45) is 0 Å². The highest BCUT2D eigenvalue weighted by atomic mass is 79.9. The van der Waals surface area contributed by atoms with Crippen LogP contribution in [0.3, 0.4) is 0 Å². The molecule has 0 saturated carbocycles. The molecule has 0 atom stereocenters. The Morgan fingerprint density at radius 2 is 2.25 bits per heavy atom. The molecule has 0 spiro atoms. The summed E-state index contributed by atoms with van der Waals surface area (Å²) < 4.78 is 5.46. The first-order valence-electron chi connectivity index (χ1n) is 4.34. The lowest BCUT2D eigenvalue weighted by Gasteiger charge is -2.02. The van der Waals surface area contributed by atoms with Gasteiger partial charge in [-0.3, -0.25) is 4.79 Å². The van der Waals surface area contributed by atoms with Gasteiger partial charge in [0.2, 0.25) is 5.22 Å². The Labute approximate surface area is 105 Å². The summed E-state index contributed by atoms with van der Waals surface area (Å²) in [4.78, 5) is 15.8. The number of hydrogen-bond acceptors (Lipinski definition) is 3. The second kappa shape index (κ2) is 4.67. The minimum Gasteiger partial charge on any atom is -0.452 e. The molecule has 0 radical (unpaired) electrons. The quantitative estimate of drug-likeness (QED) is 0.866. The first-order valence-corrected chi connectivity index (χ1v) is 5.51. The molecular weight excluding hydrogens is 295 g/mol. The van der Waals surface area contributed by atoms with Gasteiger partial charge >= 0.3 is 0 Å². The molecule has 0 unspecified atom stereocenters. The van der Waals surface area contributed by atoms with E-state index in [-0.39, 0.29) is 16.7 Å². The maximum absolute atomic E-state index is 11.7. The van der Waals surface area contributed by atoms with Crippen LogP contribution in [0.15, 0.2) is 39.5 Å². The molecule has 16 heavy (non-hydrogen) atoms. The smallest absolute Gasteiger partial charge is 0.261 e. The van der Waals surface area contributed by atoms with Gasteiger partial charge in [-0.05, 0) is 45.7 Å². The number of nitrogens with zero attached hydrogens (tertiary/aromatic N) is 1. The van der Waals surface area contributed by atoms with Crippen molar-refractivity contribution in [3.63, 3.8) is 0 Å². The molecule has 1 N–H and O–H groups in total. The minimum atomic E-state index is -0.357. The number of nitrogens with one attached hydrogen (secondary N) is 1. The normalized spacial score (nSPS) is 10.1. The fraction of sp³-hybridized carbons (Fsp3) is 0. The summed E-state index contributed by atoms with van der Waals surface area (Å²) in [5.74, 6) is 0.0843. The van der Waals surface area contributed by atoms with Crippen LogP contribution in [-0.2, 0) is 0 Å². The molecule has 2 rings (SSSR count). The molecule has 2 aromatic rings. The maximum Gasteiger partial charge on any atom is 0.261 e. The van der Waals surface area contributed by atoms with Crippen LogP contribution < -0.4 is 5.32 Å². The Kier molecular flexibility index (Phi) is 3.26. The molecule has 0 aliphatic carbocycles.